The van der Waals surface area contributed by atoms with Gasteiger partial charge in [-0.25, -0.2) is 0 Å². The number of non-ortho nitro benzene ring substituents is 1. The summed E-state index contributed by atoms with van der Waals surface area (Å²) in [7, 11) is 0. The Morgan fingerprint density at radius 3 is 2.81 bits per heavy atom. The van der Waals surface area contributed by atoms with Gasteiger partial charge in [-0.2, -0.15) is 0 Å². The molecule has 0 aromatic heterocycles. The molecule has 1 aliphatic heterocycles. The Bertz CT molecular complexity index is 578. The molecule has 0 saturated carbocycles. The van der Waals surface area contributed by atoms with Crippen molar-refractivity contribution < 1.29 is 9.72 Å². The number of nitrogens with zero attached hydrogens (tertiary/aromatic N) is 2. The van der Waals surface area contributed by atoms with Gasteiger partial charge in [0.25, 0.3) is 11.6 Å². The first-order chi connectivity index (χ1) is 9.93. The van der Waals surface area contributed by atoms with Crippen LogP contribution in [0.2, 0.25) is 10.0 Å². The van der Waals surface area contributed by atoms with Gasteiger partial charge in [-0.05, 0) is 18.8 Å². The van der Waals surface area contributed by atoms with Gasteiger partial charge in [0.2, 0.25) is 0 Å². The fourth-order valence-corrected chi connectivity index (χ4v) is 3.07. The first-order valence-electron chi connectivity index (χ1n) is 6.86. The summed E-state index contributed by atoms with van der Waals surface area (Å²) in [6.45, 7) is 3.44. The number of amides is 1. The minimum atomic E-state index is -0.580. The van der Waals surface area contributed by atoms with Crippen LogP contribution in [0.25, 0.3) is 0 Å². The lowest BCUT2D eigenvalue weighted by Crippen LogP contribution is -2.29. The molecule has 1 aromatic rings. The van der Waals surface area contributed by atoms with Gasteiger partial charge in [-0.15, -0.1) is 0 Å². The van der Waals surface area contributed by atoms with Gasteiger partial charge in [0.05, 0.1) is 20.5 Å². The molecule has 1 aromatic carbocycles. The van der Waals surface area contributed by atoms with Gasteiger partial charge in [0.15, 0.2) is 0 Å². The van der Waals surface area contributed by atoms with Crippen molar-refractivity contribution in [2.24, 2.45) is 5.92 Å². The van der Waals surface area contributed by atoms with Crippen LogP contribution in [-0.4, -0.2) is 28.8 Å². The van der Waals surface area contributed by atoms with Gasteiger partial charge < -0.3 is 4.90 Å². The lowest BCUT2D eigenvalue weighted by atomic mass is 10.0. The first kappa shape index (κ1) is 16.0. The quantitative estimate of drug-likeness (QED) is 0.614. The van der Waals surface area contributed by atoms with E-state index in [1.54, 1.807) is 4.90 Å². The Hall–Kier alpha value is -1.33. The minimum Gasteiger partial charge on any atom is -0.338 e. The molecule has 1 amide bonds. The summed E-state index contributed by atoms with van der Waals surface area (Å²) in [4.78, 5) is 24.5. The molecule has 1 heterocycles. The SMILES string of the molecule is CCCC1CCN(C(=O)c2cc([N+](=O)[O-])cc(Cl)c2Cl)C1. The normalized spacial score (nSPS) is 18.0. The molecular weight excluding hydrogens is 315 g/mol. The van der Waals surface area contributed by atoms with E-state index in [0.717, 1.165) is 25.3 Å². The number of nitro groups is 1. The molecule has 7 heteroatoms. The fourth-order valence-electron chi connectivity index (χ4n) is 2.67. The van der Waals surface area contributed by atoms with Crippen LogP contribution in [-0.2, 0) is 0 Å². The van der Waals surface area contributed by atoms with E-state index in [2.05, 4.69) is 6.92 Å². The Morgan fingerprint density at radius 2 is 2.19 bits per heavy atom. The van der Waals surface area contributed by atoms with Crippen LogP contribution in [0.3, 0.4) is 0 Å². The fraction of sp³-hybridized carbons (Fsp3) is 0.500. The summed E-state index contributed by atoms with van der Waals surface area (Å²) >= 11 is 11.9. The molecule has 21 heavy (non-hydrogen) atoms. The smallest absolute Gasteiger partial charge is 0.271 e. The summed E-state index contributed by atoms with van der Waals surface area (Å²) in [5.74, 6) is 0.205. The molecule has 114 valence electrons. The van der Waals surface area contributed by atoms with Crippen molar-refractivity contribution in [3.8, 4) is 0 Å². The molecule has 0 radical (unpaired) electrons. The Kier molecular flexibility index (Phi) is 5.06. The molecule has 0 spiro atoms. The highest BCUT2D eigenvalue weighted by Gasteiger charge is 2.29. The van der Waals surface area contributed by atoms with E-state index < -0.39 is 4.92 Å². The van der Waals surface area contributed by atoms with Crippen LogP contribution >= 0.6 is 23.2 Å². The zero-order valence-electron chi connectivity index (χ0n) is 11.6. The predicted molar refractivity (Wildman–Crippen MR) is 82.0 cm³/mol. The summed E-state index contributed by atoms with van der Waals surface area (Å²) in [5, 5.41) is 11.0. The number of halogens is 2. The summed E-state index contributed by atoms with van der Waals surface area (Å²) in [6.07, 6.45) is 3.11. The summed E-state index contributed by atoms with van der Waals surface area (Å²) in [5.41, 5.74) is -0.120. The molecule has 1 fully saturated rings. The van der Waals surface area contributed by atoms with E-state index in [-0.39, 0.29) is 27.2 Å². The molecule has 1 saturated heterocycles. The number of likely N-dealkylation sites (tertiary alicyclic amines) is 1. The highest BCUT2D eigenvalue weighted by Crippen LogP contribution is 2.33. The number of rotatable bonds is 4. The maximum Gasteiger partial charge on any atom is 0.271 e. The van der Waals surface area contributed by atoms with Crippen molar-refractivity contribution >= 4 is 34.8 Å². The van der Waals surface area contributed by atoms with Crippen LogP contribution in [0.5, 0.6) is 0 Å². The second-order valence-electron chi connectivity index (χ2n) is 5.24. The third kappa shape index (κ3) is 3.47. The predicted octanol–water partition coefficient (Wildman–Crippen LogP) is 4.16. The van der Waals surface area contributed by atoms with Crippen molar-refractivity contribution in [3.05, 3.63) is 37.9 Å². The zero-order chi connectivity index (χ0) is 15.6. The molecule has 0 N–H and O–H groups in total. The maximum absolute atomic E-state index is 12.5. The van der Waals surface area contributed by atoms with Crippen LogP contribution < -0.4 is 0 Å². The molecule has 1 unspecified atom stereocenters. The Labute approximate surface area is 133 Å². The maximum atomic E-state index is 12.5. The second-order valence-corrected chi connectivity index (χ2v) is 6.03. The van der Waals surface area contributed by atoms with E-state index in [0.29, 0.717) is 19.0 Å². The molecule has 0 aliphatic carbocycles. The molecule has 1 atom stereocenters. The van der Waals surface area contributed by atoms with Crippen molar-refractivity contribution in [3.63, 3.8) is 0 Å². The van der Waals surface area contributed by atoms with E-state index in [1.165, 1.54) is 6.07 Å². The molecule has 5 nitrogen and oxygen atoms in total. The summed E-state index contributed by atoms with van der Waals surface area (Å²) < 4.78 is 0. The Morgan fingerprint density at radius 1 is 1.48 bits per heavy atom. The number of hydrogen-bond acceptors (Lipinski definition) is 3. The molecule has 2 rings (SSSR count). The largest absolute Gasteiger partial charge is 0.338 e. The highest BCUT2D eigenvalue weighted by molar-refractivity contribution is 6.44. The van der Waals surface area contributed by atoms with Crippen LogP contribution in [0, 0.1) is 16.0 Å². The average molecular weight is 331 g/mol. The van der Waals surface area contributed by atoms with E-state index in [1.807, 2.05) is 0 Å². The van der Waals surface area contributed by atoms with Gasteiger partial charge in [-0.1, -0.05) is 36.5 Å². The second kappa shape index (κ2) is 6.62. The van der Waals surface area contributed by atoms with Crippen LogP contribution in [0.15, 0.2) is 12.1 Å². The minimum absolute atomic E-state index is 0.0264. The van der Waals surface area contributed by atoms with Crippen molar-refractivity contribution in [1.82, 2.24) is 4.90 Å². The lowest BCUT2D eigenvalue weighted by molar-refractivity contribution is -0.384. The molecule has 0 bridgehead atoms. The number of carbonyl (C=O) groups is 1. The third-order valence-electron chi connectivity index (χ3n) is 3.72. The zero-order valence-corrected chi connectivity index (χ0v) is 13.2. The van der Waals surface area contributed by atoms with Crippen molar-refractivity contribution in [2.45, 2.75) is 26.2 Å². The van der Waals surface area contributed by atoms with Crippen molar-refractivity contribution in [2.75, 3.05) is 13.1 Å². The Balaban J connectivity index is 2.25. The van der Waals surface area contributed by atoms with Crippen molar-refractivity contribution in [1.29, 1.82) is 0 Å². The number of hydrogen-bond donors (Lipinski definition) is 0. The number of benzene rings is 1. The highest BCUT2D eigenvalue weighted by atomic mass is 35.5. The van der Waals surface area contributed by atoms with Gasteiger partial charge in [0, 0.05) is 25.2 Å². The molecule has 1 aliphatic rings. The summed E-state index contributed by atoms with van der Waals surface area (Å²) in [6, 6.07) is 2.36. The van der Waals surface area contributed by atoms with Gasteiger partial charge in [-0.3, -0.25) is 14.9 Å². The van der Waals surface area contributed by atoms with Crippen LogP contribution in [0.4, 0.5) is 5.69 Å². The number of nitro benzene ring substituents is 1. The lowest BCUT2D eigenvalue weighted by Gasteiger charge is -2.17. The topological polar surface area (TPSA) is 63.5 Å². The molecular formula is C14H16Cl2N2O3. The monoisotopic (exact) mass is 330 g/mol. The average Bonchev–Trinajstić information content (AvgIpc) is 2.89. The third-order valence-corrected chi connectivity index (χ3v) is 4.53. The van der Waals surface area contributed by atoms with Crippen LogP contribution in [0.1, 0.15) is 36.5 Å². The standard InChI is InChI=1S/C14H16Cl2N2O3/c1-2-3-9-4-5-17(8-9)14(19)11-6-10(18(20)21)7-12(15)13(11)16/h6-7,9H,2-5,8H2,1H3. The van der Waals surface area contributed by atoms with E-state index >= 15 is 0 Å². The van der Waals surface area contributed by atoms with E-state index in [4.69, 9.17) is 23.2 Å². The van der Waals surface area contributed by atoms with Gasteiger partial charge >= 0.3 is 0 Å². The van der Waals surface area contributed by atoms with E-state index in [9.17, 15) is 14.9 Å². The van der Waals surface area contributed by atoms with Gasteiger partial charge in [0.1, 0.15) is 0 Å². The number of carbonyl (C=O) groups excluding carboxylic acids is 1. The first-order valence-corrected chi connectivity index (χ1v) is 7.62.